The van der Waals surface area contributed by atoms with Crippen LogP contribution >= 0.6 is 0 Å². The van der Waals surface area contributed by atoms with Gasteiger partial charge in [-0.25, -0.2) is 4.79 Å². The number of hydrogen-bond donors (Lipinski definition) is 4. The Morgan fingerprint density at radius 3 is 2.30 bits per heavy atom. The van der Waals surface area contributed by atoms with E-state index in [-0.39, 0.29) is 18.4 Å². The Balaban J connectivity index is 1.84. The molecule has 0 aliphatic heterocycles. The number of carboxylic acid groups (broad SMARTS) is 1. The van der Waals surface area contributed by atoms with Crippen LogP contribution in [0.4, 0.5) is 10.5 Å². The first-order chi connectivity index (χ1) is 12.7. The maximum atomic E-state index is 12.3. The molecule has 0 bridgehead atoms. The molecule has 3 amide bonds. The fraction of sp³-hybridized carbons (Fsp3) is 0.550. The summed E-state index contributed by atoms with van der Waals surface area (Å²) in [5.74, 6) is -0.986. The molecule has 1 aliphatic carbocycles. The molecule has 27 heavy (non-hydrogen) atoms. The summed E-state index contributed by atoms with van der Waals surface area (Å²) in [5.41, 5.74) is 0.492. The highest BCUT2D eigenvalue weighted by atomic mass is 16.4. The zero-order valence-electron chi connectivity index (χ0n) is 16.0. The molecule has 0 atom stereocenters. The van der Waals surface area contributed by atoms with Crippen LogP contribution in [0.5, 0.6) is 0 Å². The zero-order valence-corrected chi connectivity index (χ0v) is 16.0. The average molecular weight is 375 g/mol. The van der Waals surface area contributed by atoms with E-state index in [0.29, 0.717) is 17.7 Å². The van der Waals surface area contributed by atoms with Crippen molar-refractivity contribution in [2.24, 2.45) is 0 Å². The summed E-state index contributed by atoms with van der Waals surface area (Å²) < 4.78 is 0. The molecule has 1 aromatic rings. The van der Waals surface area contributed by atoms with Crippen molar-refractivity contribution < 1.29 is 19.5 Å². The minimum Gasteiger partial charge on any atom is -0.481 e. The lowest BCUT2D eigenvalue weighted by atomic mass is 9.95. The Morgan fingerprint density at radius 2 is 1.70 bits per heavy atom. The molecule has 0 spiro atoms. The first-order valence-corrected chi connectivity index (χ1v) is 9.47. The molecule has 0 heterocycles. The SMILES string of the molecule is CC(C)(CCC(=O)O)NC(=O)Nc1ccc(C(=O)NC2CCCCC2)cc1. The molecule has 0 radical (unpaired) electrons. The number of carbonyl (C=O) groups is 3. The van der Waals surface area contributed by atoms with Crippen LogP contribution in [0.2, 0.25) is 0 Å². The minimum atomic E-state index is -0.896. The number of anilines is 1. The summed E-state index contributed by atoms with van der Waals surface area (Å²) in [7, 11) is 0. The highest BCUT2D eigenvalue weighted by Crippen LogP contribution is 2.18. The molecule has 1 aliphatic rings. The van der Waals surface area contributed by atoms with Crippen molar-refractivity contribution in [3.05, 3.63) is 29.8 Å². The number of carbonyl (C=O) groups excluding carboxylic acids is 2. The average Bonchev–Trinajstić information content (AvgIpc) is 2.61. The molecule has 1 aromatic carbocycles. The molecule has 1 saturated carbocycles. The van der Waals surface area contributed by atoms with Crippen LogP contribution in [0.25, 0.3) is 0 Å². The second-order valence-electron chi connectivity index (χ2n) is 7.74. The van der Waals surface area contributed by atoms with Gasteiger partial charge in [-0.15, -0.1) is 0 Å². The molecule has 4 N–H and O–H groups in total. The lowest BCUT2D eigenvalue weighted by Crippen LogP contribution is -2.45. The van der Waals surface area contributed by atoms with Gasteiger partial charge in [-0.2, -0.15) is 0 Å². The third-order valence-electron chi connectivity index (χ3n) is 4.76. The molecular formula is C20H29N3O4. The number of amides is 3. The predicted molar refractivity (Wildman–Crippen MR) is 104 cm³/mol. The van der Waals surface area contributed by atoms with Gasteiger partial charge in [-0.1, -0.05) is 19.3 Å². The van der Waals surface area contributed by atoms with Gasteiger partial charge in [-0.05, 0) is 57.4 Å². The van der Waals surface area contributed by atoms with Crippen molar-refractivity contribution in [2.45, 2.75) is 70.4 Å². The van der Waals surface area contributed by atoms with Gasteiger partial charge in [-0.3, -0.25) is 9.59 Å². The second-order valence-corrected chi connectivity index (χ2v) is 7.74. The van der Waals surface area contributed by atoms with E-state index in [1.165, 1.54) is 6.42 Å². The molecule has 1 fully saturated rings. The monoisotopic (exact) mass is 375 g/mol. The van der Waals surface area contributed by atoms with Gasteiger partial charge >= 0.3 is 12.0 Å². The van der Waals surface area contributed by atoms with E-state index >= 15 is 0 Å². The van der Waals surface area contributed by atoms with Gasteiger partial charge in [0.15, 0.2) is 0 Å². The quantitative estimate of drug-likeness (QED) is 0.585. The van der Waals surface area contributed by atoms with Crippen LogP contribution in [0.15, 0.2) is 24.3 Å². The van der Waals surface area contributed by atoms with Gasteiger partial charge in [0.2, 0.25) is 0 Å². The highest BCUT2D eigenvalue weighted by molar-refractivity contribution is 5.95. The third kappa shape index (κ3) is 7.29. The van der Waals surface area contributed by atoms with Gasteiger partial charge in [0.25, 0.3) is 5.91 Å². The van der Waals surface area contributed by atoms with Crippen molar-refractivity contribution in [3.8, 4) is 0 Å². The number of aliphatic carboxylic acids is 1. The Hall–Kier alpha value is -2.57. The maximum Gasteiger partial charge on any atom is 0.319 e. The van der Waals surface area contributed by atoms with E-state index in [2.05, 4.69) is 16.0 Å². The van der Waals surface area contributed by atoms with E-state index in [9.17, 15) is 14.4 Å². The Labute approximate surface area is 159 Å². The summed E-state index contributed by atoms with van der Waals surface area (Å²) in [5, 5.41) is 17.3. The number of urea groups is 1. The fourth-order valence-electron chi connectivity index (χ4n) is 3.17. The van der Waals surface area contributed by atoms with Gasteiger partial charge < -0.3 is 21.1 Å². The van der Waals surface area contributed by atoms with E-state index in [0.717, 1.165) is 25.7 Å². The minimum absolute atomic E-state index is 0.0158. The van der Waals surface area contributed by atoms with Crippen LogP contribution in [0, 0.1) is 0 Å². The number of hydrogen-bond acceptors (Lipinski definition) is 3. The first kappa shape index (κ1) is 20.7. The Kier molecular flexibility index (Phi) is 7.21. The second kappa shape index (κ2) is 9.39. The molecular weight excluding hydrogens is 346 g/mol. The maximum absolute atomic E-state index is 12.3. The van der Waals surface area contributed by atoms with Crippen molar-refractivity contribution in [3.63, 3.8) is 0 Å². The highest BCUT2D eigenvalue weighted by Gasteiger charge is 2.21. The molecule has 0 saturated heterocycles. The molecule has 7 nitrogen and oxygen atoms in total. The topological polar surface area (TPSA) is 108 Å². The summed E-state index contributed by atoms with van der Waals surface area (Å²) in [6, 6.07) is 6.57. The first-order valence-electron chi connectivity index (χ1n) is 9.47. The van der Waals surface area contributed by atoms with Gasteiger partial charge in [0, 0.05) is 29.3 Å². The molecule has 0 aromatic heterocycles. The van der Waals surface area contributed by atoms with E-state index in [1.54, 1.807) is 38.1 Å². The Morgan fingerprint density at radius 1 is 1.07 bits per heavy atom. The molecule has 7 heteroatoms. The van der Waals surface area contributed by atoms with E-state index in [4.69, 9.17) is 5.11 Å². The van der Waals surface area contributed by atoms with Crippen LogP contribution in [0.1, 0.15) is 69.2 Å². The largest absolute Gasteiger partial charge is 0.481 e. The summed E-state index contributed by atoms with van der Waals surface area (Å²) in [6.45, 7) is 3.54. The predicted octanol–water partition coefficient (Wildman–Crippen LogP) is 3.51. The summed E-state index contributed by atoms with van der Waals surface area (Å²) in [4.78, 5) is 35.1. The number of benzene rings is 1. The van der Waals surface area contributed by atoms with Crippen molar-refractivity contribution in [1.82, 2.24) is 10.6 Å². The number of carboxylic acids is 1. The van der Waals surface area contributed by atoms with Crippen molar-refractivity contribution in [2.75, 3.05) is 5.32 Å². The normalized spacial score (nSPS) is 15.0. The molecule has 2 rings (SSSR count). The van der Waals surface area contributed by atoms with Crippen LogP contribution in [-0.4, -0.2) is 34.6 Å². The standard InChI is InChI=1S/C20H29N3O4/c1-20(2,13-12-17(24)25)23-19(27)22-16-10-8-14(9-11-16)18(26)21-15-6-4-3-5-7-15/h8-11,15H,3-7,12-13H2,1-2H3,(H,21,26)(H,24,25)(H2,22,23,27). The van der Waals surface area contributed by atoms with Gasteiger partial charge in [0.05, 0.1) is 0 Å². The van der Waals surface area contributed by atoms with Crippen molar-refractivity contribution >= 4 is 23.6 Å². The Bertz CT molecular complexity index is 664. The molecule has 148 valence electrons. The van der Waals surface area contributed by atoms with Crippen molar-refractivity contribution in [1.29, 1.82) is 0 Å². The number of nitrogens with one attached hydrogen (secondary N) is 3. The third-order valence-corrected chi connectivity index (χ3v) is 4.76. The van der Waals surface area contributed by atoms with E-state index < -0.39 is 17.5 Å². The van der Waals surface area contributed by atoms with Crippen LogP contribution < -0.4 is 16.0 Å². The fourth-order valence-corrected chi connectivity index (χ4v) is 3.17. The molecule has 0 unspecified atom stereocenters. The number of rotatable bonds is 7. The zero-order chi connectivity index (χ0) is 19.9. The summed E-state index contributed by atoms with van der Waals surface area (Å²) in [6.07, 6.45) is 5.93. The summed E-state index contributed by atoms with van der Waals surface area (Å²) >= 11 is 0. The smallest absolute Gasteiger partial charge is 0.319 e. The van der Waals surface area contributed by atoms with Crippen LogP contribution in [0.3, 0.4) is 0 Å². The van der Waals surface area contributed by atoms with Crippen LogP contribution in [-0.2, 0) is 4.79 Å². The lowest BCUT2D eigenvalue weighted by molar-refractivity contribution is -0.137. The van der Waals surface area contributed by atoms with E-state index in [1.807, 2.05) is 0 Å². The lowest BCUT2D eigenvalue weighted by Gasteiger charge is -2.25. The van der Waals surface area contributed by atoms with Gasteiger partial charge in [0.1, 0.15) is 0 Å².